The van der Waals surface area contributed by atoms with E-state index >= 15 is 0 Å². The van der Waals surface area contributed by atoms with Gasteiger partial charge >= 0.3 is 6.09 Å². The number of rotatable bonds is 12. The van der Waals surface area contributed by atoms with E-state index in [1.165, 1.54) is 5.56 Å². The van der Waals surface area contributed by atoms with Gasteiger partial charge in [0.15, 0.2) is 0 Å². The Morgan fingerprint density at radius 1 is 0.795 bits per heavy atom. The highest BCUT2D eigenvalue weighted by atomic mass is 16.6. The molecule has 228 valence electrons. The summed E-state index contributed by atoms with van der Waals surface area (Å²) in [4.78, 5) is 27.5. The Morgan fingerprint density at radius 2 is 1.48 bits per heavy atom. The number of phenols is 1. The van der Waals surface area contributed by atoms with Crippen LogP contribution < -0.4 is 16.0 Å². The van der Waals surface area contributed by atoms with Crippen LogP contribution in [0.25, 0.3) is 11.1 Å². The van der Waals surface area contributed by atoms with Crippen LogP contribution in [0.2, 0.25) is 0 Å². The van der Waals surface area contributed by atoms with Crippen molar-refractivity contribution in [1.29, 1.82) is 0 Å². The van der Waals surface area contributed by atoms with Gasteiger partial charge < -0.3 is 25.4 Å². The maximum atomic E-state index is 12.7. The average molecular weight is 593 g/mol. The van der Waals surface area contributed by atoms with Crippen LogP contribution in [0.5, 0.6) is 5.75 Å². The number of aromatic hydroxyl groups is 1. The van der Waals surface area contributed by atoms with Crippen molar-refractivity contribution in [3.8, 4) is 16.9 Å². The molecule has 1 heterocycles. The highest BCUT2D eigenvalue weighted by Gasteiger charge is 2.23. The van der Waals surface area contributed by atoms with Crippen LogP contribution in [-0.4, -0.2) is 54.3 Å². The number of nitrogens with one attached hydrogen (secondary N) is 3. The monoisotopic (exact) mass is 592 g/mol. The van der Waals surface area contributed by atoms with Crippen molar-refractivity contribution >= 4 is 23.4 Å². The van der Waals surface area contributed by atoms with Crippen LogP contribution in [0.15, 0.2) is 103 Å². The summed E-state index contributed by atoms with van der Waals surface area (Å²) < 4.78 is 5.73. The number of nitrogens with zero attached hydrogens (tertiary/aromatic N) is 1. The molecule has 1 saturated heterocycles. The highest BCUT2D eigenvalue weighted by molar-refractivity contribution is 5.92. The maximum Gasteiger partial charge on any atom is 0.411 e. The summed E-state index contributed by atoms with van der Waals surface area (Å²) in [5.74, 6) is 0.267. The minimum absolute atomic E-state index is 0.0143. The lowest BCUT2D eigenvalue weighted by atomic mass is 10.0. The molecule has 0 bridgehead atoms. The molecule has 1 fully saturated rings. The number of hydrogen-bond acceptors (Lipinski definition) is 6. The molecule has 8 heteroatoms. The average Bonchev–Trinajstić information content (AvgIpc) is 3.05. The highest BCUT2D eigenvalue weighted by Crippen LogP contribution is 2.28. The third-order valence-corrected chi connectivity index (χ3v) is 7.81. The normalized spacial score (nSPS) is 13.7. The smallest absolute Gasteiger partial charge is 0.411 e. The van der Waals surface area contributed by atoms with Gasteiger partial charge in [0.1, 0.15) is 11.9 Å². The number of para-hydroxylation sites is 1. The van der Waals surface area contributed by atoms with Gasteiger partial charge in [-0.2, -0.15) is 0 Å². The first-order valence-electron chi connectivity index (χ1n) is 15.2. The van der Waals surface area contributed by atoms with Gasteiger partial charge in [-0.1, -0.05) is 72.8 Å². The predicted molar refractivity (Wildman–Crippen MR) is 175 cm³/mol. The van der Waals surface area contributed by atoms with Gasteiger partial charge in [-0.25, -0.2) is 4.79 Å². The molecule has 4 aromatic carbocycles. The Kier molecular flexibility index (Phi) is 11.0. The quantitative estimate of drug-likeness (QED) is 0.141. The van der Waals surface area contributed by atoms with Crippen molar-refractivity contribution in [3.63, 3.8) is 0 Å². The van der Waals surface area contributed by atoms with Gasteiger partial charge in [-0.3, -0.25) is 10.1 Å². The second-order valence-corrected chi connectivity index (χ2v) is 11.1. The number of benzene rings is 4. The van der Waals surface area contributed by atoms with E-state index in [1.807, 2.05) is 91.0 Å². The molecule has 2 amide bonds. The van der Waals surface area contributed by atoms with E-state index < -0.39 is 6.09 Å². The van der Waals surface area contributed by atoms with Crippen LogP contribution in [0.4, 0.5) is 16.2 Å². The first-order valence-corrected chi connectivity index (χ1v) is 15.2. The SMILES string of the molecule is O=C(CCN1CCC(OC(=O)Nc2ccccc2-c2ccccc2)CC1)Nc1ccc(CNCCc2ccc(O)cc2)cc1. The first kappa shape index (κ1) is 30.8. The molecule has 0 aromatic heterocycles. The second kappa shape index (κ2) is 15.7. The van der Waals surface area contributed by atoms with Gasteiger partial charge in [0.25, 0.3) is 0 Å². The van der Waals surface area contributed by atoms with Crippen LogP contribution in [0.3, 0.4) is 0 Å². The molecule has 8 nitrogen and oxygen atoms in total. The van der Waals surface area contributed by atoms with E-state index in [9.17, 15) is 14.7 Å². The second-order valence-electron chi connectivity index (χ2n) is 11.1. The summed E-state index contributed by atoms with van der Waals surface area (Å²) in [5.41, 5.74) is 5.81. The molecule has 4 N–H and O–H groups in total. The molecule has 1 aliphatic rings. The van der Waals surface area contributed by atoms with Crippen LogP contribution in [0.1, 0.15) is 30.4 Å². The summed E-state index contributed by atoms with van der Waals surface area (Å²) in [6.07, 6.45) is 2.17. The zero-order valence-electron chi connectivity index (χ0n) is 24.9. The number of carbonyl (C=O) groups excluding carboxylic acids is 2. The zero-order valence-corrected chi connectivity index (χ0v) is 24.9. The van der Waals surface area contributed by atoms with Crippen LogP contribution >= 0.6 is 0 Å². The summed E-state index contributed by atoms with van der Waals surface area (Å²) in [6, 6.07) is 32.8. The molecule has 0 radical (unpaired) electrons. The van der Waals surface area contributed by atoms with E-state index in [4.69, 9.17) is 4.74 Å². The zero-order chi connectivity index (χ0) is 30.6. The lowest BCUT2D eigenvalue weighted by Gasteiger charge is -2.31. The number of ether oxygens (including phenoxy) is 1. The molecule has 0 atom stereocenters. The Balaban J connectivity index is 0.966. The first-order chi connectivity index (χ1) is 21.5. The molecule has 1 aliphatic heterocycles. The molecular formula is C36H40N4O4. The Morgan fingerprint density at radius 3 is 2.23 bits per heavy atom. The molecule has 0 saturated carbocycles. The number of anilines is 2. The molecular weight excluding hydrogens is 552 g/mol. The number of amides is 2. The summed E-state index contributed by atoms with van der Waals surface area (Å²) in [6.45, 7) is 3.80. The molecule has 5 rings (SSSR count). The molecule has 44 heavy (non-hydrogen) atoms. The number of carbonyl (C=O) groups is 2. The molecule has 0 spiro atoms. The van der Waals surface area contributed by atoms with E-state index in [-0.39, 0.29) is 17.8 Å². The molecule has 0 unspecified atom stereocenters. The van der Waals surface area contributed by atoms with Gasteiger partial charge in [0.2, 0.25) is 5.91 Å². The lowest BCUT2D eigenvalue weighted by molar-refractivity contribution is -0.116. The van der Waals surface area contributed by atoms with Crippen molar-refractivity contribution in [2.45, 2.75) is 38.3 Å². The van der Waals surface area contributed by atoms with Crippen molar-refractivity contribution in [3.05, 3.63) is 114 Å². The van der Waals surface area contributed by atoms with Crippen molar-refractivity contribution < 1.29 is 19.4 Å². The fraction of sp³-hybridized carbons (Fsp3) is 0.278. The largest absolute Gasteiger partial charge is 0.508 e. The Labute approximate surface area is 259 Å². The standard InChI is InChI=1S/C36H40N4O4/c41-31-16-12-27(13-17-31)18-22-37-26-28-10-14-30(15-11-28)38-35(42)21-25-40-23-19-32(20-24-40)44-36(43)39-34-9-5-4-8-33(34)29-6-2-1-3-7-29/h1-17,32,37,41H,18-26H2,(H,38,42)(H,39,43). The van der Waals surface area contributed by atoms with Gasteiger partial charge in [-0.05, 0) is 72.8 Å². The number of piperidine rings is 1. The maximum absolute atomic E-state index is 12.7. The Hall–Kier alpha value is -4.66. The summed E-state index contributed by atoms with van der Waals surface area (Å²) in [5, 5.41) is 18.7. The van der Waals surface area contributed by atoms with E-state index in [2.05, 4.69) is 20.9 Å². The van der Waals surface area contributed by atoms with Crippen molar-refractivity contribution in [2.24, 2.45) is 0 Å². The van der Waals surface area contributed by atoms with E-state index in [1.54, 1.807) is 12.1 Å². The minimum atomic E-state index is -0.443. The Bertz CT molecular complexity index is 1490. The molecule has 0 aliphatic carbocycles. The van der Waals surface area contributed by atoms with Gasteiger partial charge in [0.05, 0.1) is 5.69 Å². The summed E-state index contributed by atoms with van der Waals surface area (Å²) >= 11 is 0. The topological polar surface area (TPSA) is 103 Å². The van der Waals surface area contributed by atoms with Crippen molar-refractivity contribution in [2.75, 3.05) is 36.8 Å². The third kappa shape index (κ3) is 9.42. The van der Waals surface area contributed by atoms with Crippen LogP contribution in [0, 0.1) is 0 Å². The lowest BCUT2D eigenvalue weighted by Crippen LogP contribution is -2.39. The minimum Gasteiger partial charge on any atom is -0.508 e. The van der Waals surface area contributed by atoms with Gasteiger partial charge in [0, 0.05) is 43.9 Å². The third-order valence-electron chi connectivity index (χ3n) is 7.81. The fourth-order valence-corrected chi connectivity index (χ4v) is 5.32. The number of phenolic OH excluding ortho intramolecular Hbond substituents is 1. The van der Waals surface area contributed by atoms with Gasteiger partial charge in [-0.15, -0.1) is 0 Å². The summed E-state index contributed by atoms with van der Waals surface area (Å²) in [7, 11) is 0. The van der Waals surface area contributed by atoms with Crippen LogP contribution in [-0.2, 0) is 22.5 Å². The van der Waals surface area contributed by atoms with Crippen molar-refractivity contribution in [1.82, 2.24) is 10.2 Å². The number of likely N-dealkylation sites (tertiary alicyclic amines) is 1. The van der Waals surface area contributed by atoms with E-state index in [0.29, 0.717) is 13.0 Å². The molecule has 4 aromatic rings. The fourth-order valence-electron chi connectivity index (χ4n) is 5.32. The predicted octanol–water partition coefficient (Wildman–Crippen LogP) is 6.43. The van der Waals surface area contributed by atoms with E-state index in [0.717, 1.165) is 73.5 Å². The number of hydrogen-bond donors (Lipinski definition) is 4.